The van der Waals surface area contributed by atoms with E-state index in [1.54, 1.807) is 12.1 Å². The molecule has 184 valence electrons. The third-order valence-electron chi connectivity index (χ3n) is 7.01. The Bertz CT molecular complexity index is 1130. The molecule has 2 bridgehead atoms. The number of carbonyl (C=O) groups excluding carboxylic acids is 1. The van der Waals surface area contributed by atoms with E-state index < -0.39 is 9.84 Å². The second kappa shape index (κ2) is 9.58. The molecule has 0 spiro atoms. The van der Waals surface area contributed by atoms with Gasteiger partial charge in [-0.15, -0.1) is 0 Å². The molecular formula is C26H35N3O4S. The summed E-state index contributed by atoms with van der Waals surface area (Å²) < 4.78 is 30.6. The van der Waals surface area contributed by atoms with Crippen LogP contribution in [0, 0.1) is 11.3 Å². The number of rotatable bonds is 7. The topological polar surface area (TPSA) is 92.9 Å². The van der Waals surface area contributed by atoms with E-state index in [9.17, 15) is 13.2 Å². The molecule has 2 atom stereocenters. The van der Waals surface area contributed by atoms with Gasteiger partial charge in [0.2, 0.25) is 0 Å². The Hall–Kier alpha value is -2.58. The maximum atomic E-state index is 13.6. The lowest BCUT2D eigenvalue weighted by atomic mass is 9.73. The fraction of sp³-hybridized carbons (Fsp3) is 0.500. The van der Waals surface area contributed by atoms with Gasteiger partial charge in [-0.25, -0.2) is 8.42 Å². The lowest BCUT2D eigenvalue weighted by molar-refractivity contribution is 0.0746. The van der Waals surface area contributed by atoms with Crippen LogP contribution in [0.5, 0.6) is 5.75 Å². The average molecular weight is 486 g/mol. The van der Waals surface area contributed by atoms with Gasteiger partial charge >= 0.3 is 0 Å². The predicted molar refractivity (Wildman–Crippen MR) is 134 cm³/mol. The summed E-state index contributed by atoms with van der Waals surface area (Å²) in [6.07, 6.45) is 1.04. The Kier molecular flexibility index (Phi) is 6.92. The fourth-order valence-corrected chi connectivity index (χ4v) is 6.60. The highest BCUT2D eigenvalue weighted by Crippen LogP contribution is 2.43. The van der Waals surface area contributed by atoms with E-state index in [1.165, 1.54) is 12.1 Å². The molecule has 2 aromatic carbocycles. The van der Waals surface area contributed by atoms with Crippen molar-refractivity contribution in [3.8, 4) is 5.75 Å². The third kappa shape index (κ3) is 4.93. The van der Waals surface area contributed by atoms with Crippen molar-refractivity contribution >= 4 is 21.4 Å². The van der Waals surface area contributed by atoms with Crippen molar-refractivity contribution in [2.75, 3.05) is 43.4 Å². The molecule has 8 heteroatoms. The van der Waals surface area contributed by atoms with Gasteiger partial charge in [0.05, 0.1) is 23.3 Å². The molecule has 3 aliphatic rings. The predicted octanol–water partition coefficient (Wildman–Crippen LogP) is 3.19. The normalized spacial score (nSPS) is 21.9. The standard InChI is InChI=1S/C26H35N3O4S/c1-4-33-22-10-8-21(9-11-22)29-17-19-15-26(2,3)24(29)18-28(16-19)25(30)20-6-5-7-23(14-20)34(31,32)13-12-27/h5-11,14,19,24H,4,12-13,15-18,27H2,1-3H3/t19-,24-/m1/s1. The molecular weight excluding hydrogens is 450 g/mol. The first-order valence-corrected chi connectivity index (χ1v) is 13.6. The Morgan fingerprint density at radius 1 is 1.12 bits per heavy atom. The quantitative estimate of drug-likeness (QED) is 0.648. The molecule has 1 amide bonds. The van der Waals surface area contributed by atoms with Gasteiger partial charge < -0.3 is 20.3 Å². The highest BCUT2D eigenvalue weighted by Gasteiger charge is 2.46. The summed E-state index contributed by atoms with van der Waals surface area (Å²) in [6.45, 7) is 9.34. The summed E-state index contributed by atoms with van der Waals surface area (Å²) in [5.74, 6) is 0.926. The van der Waals surface area contributed by atoms with E-state index in [1.807, 2.05) is 24.0 Å². The number of hydrogen-bond acceptors (Lipinski definition) is 6. The van der Waals surface area contributed by atoms with Gasteiger partial charge in [0.15, 0.2) is 9.84 Å². The number of benzene rings is 2. The zero-order chi connectivity index (χ0) is 24.5. The van der Waals surface area contributed by atoms with E-state index >= 15 is 0 Å². The summed E-state index contributed by atoms with van der Waals surface area (Å²) in [5.41, 5.74) is 7.04. The summed E-state index contributed by atoms with van der Waals surface area (Å²) in [6, 6.07) is 14.7. The van der Waals surface area contributed by atoms with Crippen molar-refractivity contribution < 1.29 is 17.9 Å². The van der Waals surface area contributed by atoms with Crippen LogP contribution in [0.25, 0.3) is 0 Å². The van der Waals surface area contributed by atoms with Crippen molar-refractivity contribution in [3.05, 3.63) is 54.1 Å². The maximum Gasteiger partial charge on any atom is 0.253 e. The van der Waals surface area contributed by atoms with Crippen molar-refractivity contribution in [1.82, 2.24) is 4.90 Å². The molecule has 2 N–H and O–H groups in total. The molecule has 34 heavy (non-hydrogen) atoms. The lowest BCUT2D eigenvalue weighted by Gasteiger charge is -2.48. The molecule has 0 aromatic heterocycles. The minimum Gasteiger partial charge on any atom is -0.494 e. The minimum atomic E-state index is -3.50. The van der Waals surface area contributed by atoms with Crippen LogP contribution in [0.4, 0.5) is 5.69 Å². The van der Waals surface area contributed by atoms with Gasteiger partial charge in [0.1, 0.15) is 5.75 Å². The molecule has 0 unspecified atom stereocenters. The van der Waals surface area contributed by atoms with Crippen molar-refractivity contribution in [3.63, 3.8) is 0 Å². The SMILES string of the molecule is CCOc1ccc(N2C[C@H]3CN(C(=O)c4cccc(S(=O)(=O)CCN)c4)C[C@@H]2C(C)(C)C3)cc1. The van der Waals surface area contributed by atoms with Crippen LogP contribution in [-0.2, 0) is 9.84 Å². The Morgan fingerprint density at radius 3 is 2.53 bits per heavy atom. The maximum absolute atomic E-state index is 13.6. The number of hydrogen-bond donors (Lipinski definition) is 1. The van der Waals surface area contributed by atoms with Crippen molar-refractivity contribution in [1.29, 1.82) is 0 Å². The van der Waals surface area contributed by atoms with E-state index in [-0.39, 0.29) is 34.6 Å². The van der Waals surface area contributed by atoms with Crippen LogP contribution in [0.3, 0.4) is 0 Å². The van der Waals surface area contributed by atoms with Gasteiger partial charge in [-0.05, 0) is 67.1 Å². The van der Waals surface area contributed by atoms with Crippen molar-refractivity contribution in [2.45, 2.75) is 38.1 Å². The zero-order valence-electron chi connectivity index (χ0n) is 20.2. The van der Waals surface area contributed by atoms with Gasteiger partial charge in [0.25, 0.3) is 5.91 Å². The highest BCUT2D eigenvalue weighted by molar-refractivity contribution is 7.91. The Morgan fingerprint density at radius 2 is 1.85 bits per heavy atom. The molecule has 0 aliphatic carbocycles. The molecule has 3 fully saturated rings. The number of piperidine rings is 1. The number of amides is 1. The first kappa shape index (κ1) is 24.5. The lowest BCUT2D eigenvalue weighted by Crippen LogP contribution is -2.54. The number of carbonyl (C=O) groups is 1. The van der Waals surface area contributed by atoms with Crippen molar-refractivity contribution in [2.24, 2.45) is 17.1 Å². The molecule has 2 aromatic rings. The molecule has 3 saturated heterocycles. The average Bonchev–Trinajstić information content (AvgIpc) is 3.06. The second-order valence-corrected chi connectivity index (χ2v) is 12.1. The van der Waals surface area contributed by atoms with Crippen LogP contribution in [0.15, 0.2) is 53.4 Å². The van der Waals surface area contributed by atoms with Gasteiger partial charge in [0, 0.05) is 37.4 Å². The summed E-state index contributed by atoms with van der Waals surface area (Å²) in [4.78, 5) is 18.0. The van der Waals surface area contributed by atoms with E-state index in [0.717, 1.165) is 24.4 Å². The van der Waals surface area contributed by atoms with Crippen LogP contribution >= 0.6 is 0 Å². The fourth-order valence-electron chi connectivity index (χ4n) is 5.46. The second-order valence-electron chi connectivity index (χ2n) is 10.00. The number of ether oxygens (including phenoxy) is 1. The van der Waals surface area contributed by atoms with E-state index in [4.69, 9.17) is 10.5 Å². The van der Waals surface area contributed by atoms with Crippen LogP contribution in [0.1, 0.15) is 37.6 Å². The number of anilines is 1. The number of sulfone groups is 1. The molecule has 7 nitrogen and oxygen atoms in total. The Labute approximate surface area is 202 Å². The van der Waals surface area contributed by atoms with Crippen LogP contribution < -0.4 is 15.4 Å². The third-order valence-corrected chi connectivity index (χ3v) is 8.76. The highest BCUT2D eigenvalue weighted by atomic mass is 32.2. The number of nitrogens with zero attached hydrogens (tertiary/aromatic N) is 2. The van der Waals surface area contributed by atoms with Gasteiger partial charge in [-0.1, -0.05) is 19.9 Å². The van der Waals surface area contributed by atoms with Gasteiger partial charge in [-0.2, -0.15) is 0 Å². The summed E-state index contributed by atoms with van der Waals surface area (Å²) in [5, 5.41) is 0. The number of fused-ring (bicyclic) bond motifs is 4. The van der Waals surface area contributed by atoms with E-state index in [0.29, 0.717) is 31.2 Å². The first-order valence-electron chi connectivity index (χ1n) is 12.0. The zero-order valence-corrected chi connectivity index (χ0v) is 21.1. The summed E-state index contributed by atoms with van der Waals surface area (Å²) >= 11 is 0. The van der Waals surface area contributed by atoms with Gasteiger partial charge in [-0.3, -0.25) is 4.79 Å². The number of nitrogens with two attached hydrogens (primary N) is 1. The van der Waals surface area contributed by atoms with E-state index in [2.05, 4.69) is 30.9 Å². The molecule has 0 saturated carbocycles. The molecule has 3 aliphatic heterocycles. The van der Waals surface area contributed by atoms with Crippen LogP contribution in [-0.4, -0.2) is 63.8 Å². The monoisotopic (exact) mass is 485 g/mol. The minimum absolute atomic E-state index is 0.0306. The first-order chi connectivity index (χ1) is 16.1. The van der Waals surface area contributed by atoms with Crippen LogP contribution in [0.2, 0.25) is 0 Å². The molecule has 5 rings (SSSR count). The molecule has 3 heterocycles. The smallest absolute Gasteiger partial charge is 0.253 e. The largest absolute Gasteiger partial charge is 0.494 e. The Balaban J connectivity index is 1.60. The molecule has 0 radical (unpaired) electrons. The summed E-state index contributed by atoms with van der Waals surface area (Å²) in [7, 11) is -3.50.